The molecule has 0 saturated heterocycles. The van der Waals surface area contributed by atoms with Crippen LogP contribution in [0.3, 0.4) is 0 Å². The molecule has 0 saturated carbocycles. The number of benzene rings is 1. The normalized spacial score (nSPS) is 13.4. The van der Waals surface area contributed by atoms with Crippen molar-refractivity contribution >= 4 is 15.9 Å². The standard InChI is InChI=1S/C14H22BrNO/c1-4-16(11(2)3)10-9-14(17)12-7-5-6-8-13(12)15/h5-8,11,14,17H,4,9-10H2,1-3H3. The van der Waals surface area contributed by atoms with Crippen molar-refractivity contribution in [1.29, 1.82) is 0 Å². The molecule has 0 aliphatic rings. The van der Waals surface area contributed by atoms with Gasteiger partial charge in [-0.05, 0) is 38.4 Å². The van der Waals surface area contributed by atoms with Crippen molar-refractivity contribution < 1.29 is 5.11 Å². The zero-order chi connectivity index (χ0) is 12.8. The molecule has 0 fully saturated rings. The molecule has 1 aromatic rings. The molecule has 2 nitrogen and oxygen atoms in total. The maximum Gasteiger partial charge on any atom is 0.0813 e. The summed E-state index contributed by atoms with van der Waals surface area (Å²) in [5.41, 5.74) is 0.979. The van der Waals surface area contributed by atoms with Gasteiger partial charge in [-0.3, -0.25) is 0 Å². The fourth-order valence-corrected chi connectivity index (χ4v) is 2.52. The predicted molar refractivity (Wildman–Crippen MR) is 76.1 cm³/mol. The summed E-state index contributed by atoms with van der Waals surface area (Å²) >= 11 is 3.48. The second-order valence-electron chi connectivity index (χ2n) is 4.55. The third kappa shape index (κ3) is 4.41. The second kappa shape index (κ2) is 7.14. The molecule has 1 rings (SSSR count). The van der Waals surface area contributed by atoms with Crippen molar-refractivity contribution in [2.75, 3.05) is 13.1 Å². The smallest absolute Gasteiger partial charge is 0.0813 e. The molecule has 1 atom stereocenters. The van der Waals surface area contributed by atoms with Gasteiger partial charge in [-0.1, -0.05) is 41.1 Å². The summed E-state index contributed by atoms with van der Waals surface area (Å²) in [6, 6.07) is 8.40. The molecule has 0 heterocycles. The molecule has 96 valence electrons. The minimum Gasteiger partial charge on any atom is -0.388 e. The molecular formula is C14H22BrNO. The van der Waals surface area contributed by atoms with Crippen molar-refractivity contribution in [3.63, 3.8) is 0 Å². The van der Waals surface area contributed by atoms with Gasteiger partial charge in [0, 0.05) is 17.1 Å². The highest BCUT2D eigenvalue weighted by Crippen LogP contribution is 2.25. The number of halogens is 1. The van der Waals surface area contributed by atoms with E-state index in [2.05, 4.69) is 41.6 Å². The van der Waals surface area contributed by atoms with Crippen LogP contribution in [0.25, 0.3) is 0 Å². The van der Waals surface area contributed by atoms with E-state index in [1.165, 1.54) is 0 Å². The van der Waals surface area contributed by atoms with E-state index in [0.717, 1.165) is 29.5 Å². The van der Waals surface area contributed by atoms with E-state index in [0.29, 0.717) is 6.04 Å². The Morgan fingerprint density at radius 2 is 1.94 bits per heavy atom. The molecule has 0 spiro atoms. The quantitative estimate of drug-likeness (QED) is 0.867. The fraction of sp³-hybridized carbons (Fsp3) is 0.571. The Bertz CT molecular complexity index is 341. The first-order valence-electron chi connectivity index (χ1n) is 6.22. The monoisotopic (exact) mass is 299 g/mol. The summed E-state index contributed by atoms with van der Waals surface area (Å²) in [6.45, 7) is 8.49. The fourth-order valence-electron chi connectivity index (χ4n) is 1.97. The molecule has 3 heteroatoms. The summed E-state index contributed by atoms with van der Waals surface area (Å²) < 4.78 is 0.986. The molecular weight excluding hydrogens is 278 g/mol. The summed E-state index contributed by atoms with van der Waals surface area (Å²) in [6.07, 6.45) is 0.382. The van der Waals surface area contributed by atoms with Crippen molar-refractivity contribution in [2.24, 2.45) is 0 Å². The first kappa shape index (κ1) is 14.7. The summed E-state index contributed by atoms with van der Waals surface area (Å²) in [4.78, 5) is 2.36. The van der Waals surface area contributed by atoms with Crippen LogP contribution in [0, 0.1) is 0 Å². The average molecular weight is 300 g/mol. The molecule has 1 aromatic carbocycles. The summed E-state index contributed by atoms with van der Waals surface area (Å²) in [5.74, 6) is 0. The van der Waals surface area contributed by atoms with E-state index in [-0.39, 0.29) is 0 Å². The van der Waals surface area contributed by atoms with Gasteiger partial charge in [0.2, 0.25) is 0 Å². The van der Waals surface area contributed by atoms with Gasteiger partial charge in [-0.15, -0.1) is 0 Å². The van der Waals surface area contributed by atoms with Crippen LogP contribution in [0.2, 0.25) is 0 Å². The lowest BCUT2D eigenvalue weighted by Gasteiger charge is -2.26. The van der Waals surface area contributed by atoms with Gasteiger partial charge in [0.05, 0.1) is 6.10 Å². The van der Waals surface area contributed by atoms with E-state index in [1.54, 1.807) is 0 Å². The zero-order valence-corrected chi connectivity index (χ0v) is 12.4. The van der Waals surface area contributed by atoms with Crippen LogP contribution in [0.4, 0.5) is 0 Å². The molecule has 0 aliphatic carbocycles. The number of rotatable bonds is 6. The maximum atomic E-state index is 10.2. The Hall–Kier alpha value is -0.380. The van der Waals surface area contributed by atoms with E-state index in [1.807, 2.05) is 24.3 Å². The number of aliphatic hydroxyl groups is 1. The summed E-state index contributed by atoms with van der Waals surface area (Å²) in [5, 5.41) is 10.2. The average Bonchev–Trinajstić information content (AvgIpc) is 2.29. The topological polar surface area (TPSA) is 23.5 Å². The summed E-state index contributed by atoms with van der Waals surface area (Å²) in [7, 11) is 0. The third-order valence-electron chi connectivity index (χ3n) is 3.09. The van der Waals surface area contributed by atoms with Gasteiger partial charge in [0.15, 0.2) is 0 Å². The van der Waals surface area contributed by atoms with Crippen LogP contribution in [0.5, 0.6) is 0 Å². The molecule has 1 unspecified atom stereocenters. The van der Waals surface area contributed by atoms with Crippen molar-refractivity contribution in [1.82, 2.24) is 4.90 Å². The number of aliphatic hydroxyl groups excluding tert-OH is 1. The Labute approximate surface area is 113 Å². The SMILES string of the molecule is CCN(CCC(O)c1ccccc1Br)C(C)C. The molecule has 17 heavy (non-hydrogen) atoms. The lowest BCUT2D eigenvalue weighted by atomic mass is 10.1. The highest BCUT2D eigenvalue weighted by atomic mass is 79.9. The molecule has 0 bridgehead atoms. The number of nitrogens with zero attached hydrogens (tertiary/aromatic N) is 1. The molecule has 0 radical (unpaired) electrons. The lowest BCUT2D eigenvalue weighted by molar-refractivity contribution is 0.132. The Balaban J connectivity index is 2.55. The van der Waals surface area contributed by atoms with Gasteiger partial charge in [-0.2, -0.15) is 0 Å². The van der Waals surface area contributed by atoms with Crippen LogP contribution in [-0.4, -0.2) is 29.1 Å². The van der Waals surface area contributed by atoms with Crippen LogP contribution in [-0.2, 0) is 0 Å². The van der Waals surface area contributed by atoms with E-state index in [9.17, 15) is 5.11 Å². The molecule has 0 amide bonds. The highest BCUT2D eigenvalue weighted by molar-refractivity contribution is 9.10. The Kier molecular flexibility index (Phi) is 6.17. The minimum absolute atomic E-state index is 0.390. The first-order chi connectivity index (χ1) is 8.06. The molecule has 1 N–H and O–H groups in total. The minimum atomic E-state index is -0.390. The van der Waals surface area contributed by atoms with Gasteiger partial charge in [0.25, 0.3) is 0 Å². The van der Waals surface area contributed by atoms with E-state index in [4.69, 9.17) is 0 Å². The van der Waals surface area contributed by atoms with Gasteiger partial charge >= 0.3 is 0 Å². The van der Waals surface area contributed by atoms with Gasteiger partial charge < -0.3 is 10.0 Å². The number of hydrogen-bond donors (Lipinski definition) is 1. The van der Waals surface area contributed by atoms with Crippen LogP contribution < -0.4 is 0 Å². The molecule has 0 aromatic heterocycles. The Morgan fingerprint density at radius 1 is 1.29 bits per heavy atom. The van der Waals surface area contributed by atoms with Gasteiger partial charge in [0.1, 0.15) is 0 Å². The lowest BCUT2D eigenvalue weighted by Crippen LogP contribution is -2.32. The highest BCUT2D eigenvalue weighted by Gasteiger charge is 2.13. The van der Waals surface area contributed by atoms with E-state index >= 15 is 0 Å². The van der Waals surface area contributed by atoms with E-state index < -0.39 is 6.10 Å². The zero-order valence-electron chi connectivity index (χ0n) is 10.9. The van der Waals surface area contributed by atoms with Crippen molar-refractivity contribution in [3.05, 3.63) is 34.3 Å². The first-order valence-corrected chi connectivity index (χ1v) is 7.02. The van der Waals surface area contributed by atoms with Crippen molar-refractivity contribution in [3.8, 4) is 0 Å². The van der Waals surface area contributed by atoms with Crippen molar-refractivity contribution in [2.45, 2.75) is 39.3 Å². The largest absolute Gasteiger partial charge is 0.388 e. The maximum absolute atomic E-state index is 10.2. The second-order valence-corrected chi connectivity index (χ2v) is 5.40. The third-order valence-corrected chi connectivity index (χ3v) is 3.81. The van der Waals surface area contributed by atoms with Crippen LogP contribution >= 0.6 is 15.9 Å². The molecule has 0 aliphatic heterocycles. The van der Waals surface area contributed by atoms with Gasteiger partial charge in [-0.25, -0.2) is 0 Å². The Morgan fingerprint density at radius 3 is 2.47 bits per heavy atom. The number of hydrogen-bond acceptors (Lipinski definition) is 2. The van der Waals surface area contributed by atoms with Crippen LogP contribution in [0.1, 0.15) is 38.9 Å². The van der Waals surface area contributed by atoms with Crippen LogP contribution in [0.15, 0.2) is 28.7 Å². The predicted octanol–water partition coefficient (Wildman–Crippen LogP) is 3.60.